The zero-order chi connectivity index (χ0) is 6.69. The molecule has 1 rings (SSSR count). The first-order valence-electron chi connectivity index (χ1n) is 2.80. The Morgan fingerprint density at radius 2 is 2.10 bits per heavy atom. The van der Waals surface area contributed by atoms with Gasteiger partial charge in [0.15, 0.2) is 0 Å². The number of nitrogens with two attached hydrogens (primary N) is 1. The molecule has 0 aliphatic heterocycles. The molecule has 0 fully saturated rings. The summed E-state index contributed by atoms with van der Waals surface area (Å²) >= 11 is 0. The van der Waals surface area contributed by atoms with E-state index in [1.165, 1.54) is 0 Å². The Kier molecular flexibility index (Phi) is 3.91. The van der Waals surface area contributed by atoms with Crippen LogP contribution in [-0.4, -0.2) is 9.97 Å². The highest BCUT2D eigenvalue weighted by molar-refractivity contribution is 5.85. The fourth-order valence-corrected chi connectivity index (χ4v) is 0.525. The van der Waals surface area contributed by atoms with Crippen molar-refractivity contribution in [3.63, 3.8) is 0 Å². The van der Waals surface area contributed by atoms with Gasteiger partial charge in [0.25, 0.3) is 0 Å². The predicted octanol–water partition coefficient (Wildman–Crippen LogP) is 0.666. The van der Waals surface area contributed by atoms with Crippen LogP contribution in [0.1, 0.15) is 11.4 Å². The molecule has 0 aromatic carbocycles. The van der Waals surface area contributed by atoms with E-state index in [1.54, 1.807) is 12.4 Å². The van der Waals surface area contributed by atoms with E-state index in [-0.39, 0.29) is 12.4 Å². The van der Waals surface area contributed by atoms with E-state index < -0.39 is 0 Å². The van der Waals surface area contributed by atoms with E-state index in [9.17, 15) is 0 Å². The van der Waals surface area contributed by atoms with Crippen molar-refractivity contribution in [3.8, 4) is 0 Å². The van der Waals surface area contributed by atoms with Gasteiger partial charge in [-0.1, -0.05) is 0 Å². The average Bonchev–Trinajstić information content (AvgIpc) is 1.90. The molecule has 0 spiro atoms. The van der Waals surface area contributed by atoms with Gasteiger partial charge >= 0.3 is 0 Å². The van der Waals surface area contributed by atoms with Crippen LogP contribution in [0, 0.1) is 6.92 Å². The van der Waals surface area contributed by atoms with E-state index in [4.69, 9.17) is 5.73 Å². The maximum atomic E-state index is 5.30. The standard InChI is InChI=1S/C6H9N3.ClH/c1-5-3-9-6(2-7)4-8-5;/h3-4H,2,7H2,1H3;1H. The smallest absolute Gasteiger partial charge is 0.0722 e. The van der Waals surface area contributed by atoms with Gasteiger partial charge in [-0.2, -0.15) is 0 Å². The van der Waals surface area contributed by atoms with Crippen molar-refractivity contribution >= 4 is 12.4 Å². The molecule has 56 valence electrons. The number of nitrogens with zero attached hydrogens (tertiary/aromatic N) is 2. The van der Waals surface area contributed by atoms with Crippen molar-refractivity contribution in [2.24, 2.45) is 5.73 Å². The normalized spacial score (nSPS) is 8.60. The molecule has 0 aliphatic rings. The molecule has 0 saturated carbocycles. The molecule has 0 bridgehead atoms. The summed E-state index contributed by atoms with van der Waals surface area (Å²) in [5.41, 5.74) is 7.05. The Morgan fingerprint density at radius 3 is 2.50 bits per heavy atom. The van der Waals surface area contributed by atoms with Crippen molar-refractivity contribution in [2.75, 3.05) is 0 Å². The highest BCUT2D eigenvalue weighted by Crippen LogP contribution is 1.90. The van der Waals surface area contributed by atoms with E-state index in [1.807, 2.05) is 6.92 Å². The Hall–Kier alpha value is -0.670. The third-order valence-corrected chi connectivity index (χ3v) is 1.04. The topological polar surface area (TPSA) is 51.8 Å². The quantitative estimate of drug-likeness (QED) is 0.655. The first kappa shape index (κ1) is 9.33. The van der Waals surface area contributed by atoms with Crippen LogP contribution in [0.25, 0.3) is 0 Å². The fourth-order valence-electron chi connectivity index (χ4n) is 0.525. The highest BCUT2D eigenvalue weighted by atomic mass is 35.5. The minimum atomic E-state index is 0. The van der Waals surface area contributed by atoms with Gasteiger partial charge in [-0.3, -0.25) is 9.97 Å². The summed E-state index contributed by atoms with van der Waals surface area (Å²) in [6.45, 7) is 2.36. The number of aryl methyl sites for hydroxylation is 1. The van der Waals surface area contributed by atoms with Gasteiger partial charge in [-0.15, -0.1) is 12.4 Å². The summed E-state index contributed by atoms with van der Waals surface area (Å²) in [5.74, 6) is 0. The summed E-state index contributed by atoms with van der Waals surface area (Å²) in [5, 5.41) is 0. The lowest BCUT2D eigenvalue weighted by atomic mass is 10.4. The maximum Gasteiger partial charge on any atom is 0.0722 e. The largest absolute Gasteiger partial charge is 0.325 e. The maximum absolute atomic E-state index is 5.30. The summed E-state index contributed by atoms with van der Waals surface area (Å²) in [4.78, 5) is 8.02. The molecule has 0 aliphatic carbocycles. The molecule has 0 radical (unpaired) electrons. The first-order chi connectivity index (χ1) is 4.33. The Labute approximate surface area is 66.1 Å². The molecule has 2 N–H and O–H groups in total. The number of halogens is 1. The average molecular weight is 160 g/mol. The highest BCUT2D eigenvalue weighted by Gasteiger charge is 1.87. The van der Waals surface area contributed by atoms with Crippen LogP contribution in [0.15, 0.2) is 12.4 Å². The second-order valence-corrected chi connectivity index (χ2v) is 1.85. The second-order valence-electron chi connectivity index (χ2n) is 1.85. The zero-order valence-electron chi connectivity index (χ0n) is 5.74. The molecule has 1 aromatic rings. The van der Waals surface area contributed by atoms with E-state index >= 15 is 0 Å². The van der Waals surface area contributed by atoms with Gasteiger partial charge in [-0.25, -0.2) is 0 Å². The molecule has 0 atom stereocenters. The van der Waals surface area contributed by atoms with Crippen molar-refractivity contribution in [1.29, 1.82) is 0 Å². The van der Waals surface area contributed by atoms with E-state index in [2.05, 4.69) is 9.97 Å². The minimum Gasteiger partial charge on any atom is -0.325 e. The summed E-state index contributed by atoms with van der Waals surface area (Å²) < 4.78 is 0. The van der Waals surface area contributed by atoms with Crippen LogP contribution in [-0.2, 0) is 6.54 Å². The summed E-state index contributed by atoms with van der Waals surface area (Å²) in [6, 6.07) is 0. The predicted molar refractivity (Wildman–Crippen MR) is 41.9 cm³/mol. The van der Waals surface area contributed by atoms with Crippen LogP contribution >= 0.6 is 12.4 Å². The molecule has 0 unspecified atom stereocenters. The molecule has 1 heterocycles. The molecule has 0 saturated heterocycles. The van der Waals surface area contributed by atoms with Crippen LogP contribution in [0.3, 0.4) is 0 Å². The lowest BCUT2D eigenvalue weighted by molar-refractivity contribution is 0.947. The van der Waals surface area contributed by atoms with Crippen molar-refractivity contribution in [2.45, 2.75) is 13.5 Å². The lowest BCUT2D eigenvalue weighted by Crippen LogP contribution is -1.99. The Bertz CT molecular complexity index is 185. The van der Waals surface area contributed by atoms with Crippen molar-refractivity contribution < 1.29 is 0 Å². The Balaban J connectivity index is 0.000000810. The third kappa shape index (κ3) is 2.29. The number of hydrogen-bond donors (Lipinski definition) is 1. The molecular formula is C6H10ClN3. The van der Waals surface area contributed by atoms with Crippen LogP contribution < -0.4 is 5.73 Å². The SMILES string of the molecule is Cc1cnc(CN)cn1.Cl. The molecule has 3 nitrogen and oxygen atoms in total. The van der Waals surface area contributed by atoms with E-state index in [0.29, 0.717) is 6.54 Å². The van der Waals surface area contributed by atoms with Crippen LogP contribution in [0.4, 0.5) is 0 Å². The molecule has 1 aromatic heterocycles. The first-order valence-corrected chi connectivity index (χ1v) is 2.80. The molecule has 10 heavy (non-hydrogen) atoms. The minimum absolute atomic E-state index is 0. The Morgan fingerprint density at radius 1 is 1.40 bits per heavy atom. The third-order valence-electron chi connectivity index (χ3n) is 1.04. The van der Waals surface area contributed by atoms with Crippen molar-refractivity contribution in [3.05, 3.63) is 23.8 Å². The second kappa shape index (κ2) is 4.19. The molecule has 0 amide bonds. The lowest BCUT2D eigenvalue weighted by Gasteiger charge is -1.92. The van der Waals surface area contributed by atoms with E-state index in [0.717, 1.165) is 11.4 Å². The summed E-state index contributed by atoms with van der Waals surface area (Å²) in [7, 11) is 0. The van der Waals surface area contributed by atoms with Gasteiger partial charge in [0, 0.05) is 18.9 Å². The van der Waals surface area contributed by atoms with Crippen LogP contribution in [0.2, 0.25) is 0 Å². The van der Waals surface area contributed by atoms with Crippen LogP contribution in [0.5, 0.6) is 0 Å². The monoisotopic (exact) mass is 159 g/mol. The number of hydrogen-bond acceptors (Lipinski definition) is 3. The van der Waals surface area contributed by atoms with Gasteiger partial charge in [0.05, 0.1) is 11.4 Å². The zero-order valence-corrected chi connectivity index (χ0v) is 6.56. The molecular weight excluding hydrogens is 150 g/mol. The van der Waals surface area contributed by atoms with Gasteiger partial charge in [0.2, 0.25) is 0 Å². The number of aromatic nitrogens is 2. The summed E-state index contributed by atoms with van der Waals surface area (Å²) in [6.07, 6.45) is 3.40. The van der Waals surface area contributed by atoms with Gasteiger partial charge in [0.1, 0.15) is 0 Å². The van der Waals surface area contributed by atoms with Gasteiger partial charge in [-0.05, 0) is 6.92 Å². The van der Waals surface area contributed by atoms with Crippen molar-refractivity contribution in [1.82, 2.24) is 9.97 Å². The molecule has 4 heteroatoms. The van der Waals surface area contributed by atoms with Gasteiger partial charge < -0.3 is 5.73 Å². The number of rotatable bonds is 1. The fraction of sp³-hybridized carbons (Fsp3) is 0.333.